The Morgan fingerprint density at radius 2 is 1.95 bits per heavy atom. The highest BCUT2D eigenvalue weighted by atomic mass is 35.5. The Morgan fingerprint density at radius 1 is 1.29 bits per heavy atom. The molecule has 21 heavy (non-hydrogen) atoms. The zero-order valence-corrected chi connectivity index (χ0v) is 13.9. The first-order chi connectivity index (χ1) is 9.65. The molecule has 0 spiro atoms. The molecule has 0 saturated carbocycles. The summed E-state index contributed by atoms with van der Waals surface area (Å²) in [6, 6.07) is 3.99. The van der Waals surface area contributed by atoms with Crippen molar-refractivity contribution in [3.63, 3.8) is 0 Å². The van der Waals surface area contributed by atoms with Crippen LogP contribution < -0.4 is 0 Å². The number of aromatic nitrogens is 3. The highest BCUT2D eigenvalue weighted by molar-refractivity contribution is 6.28. The van der Waals surface area contributed by atoms with Gasteiger partial charge >= 0.3 is 0 Å². The first kappa shape index (κ1) is 15.7. The van der Waals surface area contributed by atoms with Crippen molar-refractivity contribution < 1.29 is 0 Å². The zero-order valence-electron chi connectivity index (χ0n) is 13.2. The summed E-state index contributed by atoms with van der Waals surface area (Å²) in [5.41, 5.74) is 1.48. The molecule has 112 valence electrons. The van der Waals surface area contributed by atoms with Crippen LogP contribution in [0.3, 0.4) is 0 Å². The number of nitriles is 1. The minimum absolute atomic E-state index is 0.118. The Labute approximate surface area is 131 Å². The van der Waals surface area contributed by atoms with E-state index in [1.165, 1.54) is 0 Å². The first-order valence-electron chi connectivity index (χ1n) is 6.96. The molecule has 0 aliphatic carbocycles. The minimum Gasteiger partial charge on any atom is -0.347 e. The van der Waals surface area contributed by atoms with Crippen molar-refractivity contribution in [2.75, 3.05) is 0 Å². The van der Waals surface area contributed by atoms with Crippen LogP contribution in [0.2, 0.25) is 5.28 Å². The average Bonchev–Trinajstić information content (AvgIpc) is 2.95. The van der Waals surface area contributed by atoms with Crippen LogP contribution in [-0.2, 0) is 17.5 Å². The average molecular weight is 305 g/mol. The predicted octanol–water partition coefficient (Wildman–Crippen LogP) is 3.94. The van der Waals surface area contributed by atoms with Gasteiger partial charge in [0.2, 0.25) is 5.28 Å². The van der Waals surface area contributed by atoms with Gasteiger partial charge in [-0.05, 0) is 52.3 Å². The SMILES string of the molecule is CC(C)(C)n1c(CC(C)(C)n2ccc(C#N)c2)cnc1Cl. The van der Waals surface area contributed by atoms with E-state index in [-0.39, 0.29) is 11.1 Å². The van der Waals surface area contributed by atoms with Crippen LogP contribution in [0.1, 0.15) is 45.9 Å². The third-order valence-electron chi connectivity index (χ3n) is 3.60. The van der Waals surface area contributed by atoms with Gasteiger partial charge in [-0.15, -0.1) is 0 Å². The normalized spacial score (nSPS) is 12.4. The van der Waals surface area contributed by atoms with Gasteiger partial charge in [-0.2, -0.15) is 5.26 Å². The minimum atomic E-state index is -0.165. The summed E-state index contributed by atoms with van der Waals surface area (Å²) in [6.45, 7) is 10.6. The van der Waals surface area contributed by atoms with Gasteiger partial charge in [-0.3, -0.25) is 0 Å². The number of halogens is 1. The predicted molar refractivity (Wildman–Crippen MR) is 84.4 cm³/mol. The van der Waals surface area contributed by atoms with E-state index in [0.29, 0.717) is 10.8 Å². The van der Waals surface area contributed by atoms with Gasteiger partial charge in [0.25, 0.3) is 0 Å². The van der Waals surface area contributed by atoms with Crippen molar-refractivity contribution in [1.29, 1.82) is 5.26 Å². The number of imidazole rings is 1. The van der Waals surface area contributed by atoms with Crippen LogP contribution in [0, 0.1) is 11.3 Å². The molecule has 2 rings (SSSR count). The molecule has 0 unspecified atom stereocenters. The largest absolute Gasteiger partial charge is 0.347 e. The monoisotopic (exact) mass is 304 g/mol. The van der Waals surface area contributed by atoms with Crippen LogP contribution in [-0.4, -0.2) is 14.1 Å². The third kappa shape index (κ3) is 3.14. The Hall–Kier alpha value is -1.73. The summed E-state index contributed by atoms with van der Waals surface area (Å²) >= 11 is 6.23. The molecular formula is C16H21ClN4. The van der Waals surface area contributed by atoms with Crippen LogP contribution in [0.15, 0.2) is 24.7 Å². The lowest BCUT2D eigenvalue weighted by Gasteiger charge is -2.31. The number of hydrogen-bond donors (Lipinski definition) is 0. The van der Waals surface area contributed by atoms with E-state index in [4.69, 9.17) is 16.9 Å². The third-order valence-corrected chi connectivity index (χ3v) is 3.86. The van der Waals surface area contributed by atoms with Crippen molar-refractivity contribution in [1.82, 2.24) is 14.1 Å². The Morgan fingerprint density at radius 3 is 2.48 bits per heavy atom. The zero-order chi connectivity index (χ0) is 15.8. The van der Waals surface area contributed by atoms with Crippen LogP contribution in [0.5, 0.6) is 0 Å². The molecule has 0 aromatic carbocycles. The molecule has 5 heteroatoms. The second kappa shape index (κ2) is 5.23. The molecule has 0 fully saturated rings. The van der Waals surface area contributed by atoms with E-state index >= 15 is 0 Å². The lowest BCUT2D eigenvalue weighted by Crippen LogP contribution is -2.31. The van der Waals surface area contributed by atoms with Gasteiger partial charge < -0.3 is 9.13 Å². The molecule has 0 radical (unpaired) electrons. The maximum Gasteiger partial charge on any atom is 0.203 e. The molecule has 2 heterocycles. The Kier molecular flexibility index (Phi) is 3.90. The molecule has 0 aliphatic rings. The molecule has 0 aliphatic heterocycles. The second-order valence-corrected chi connectivity index (χ2v) is 7.27. The van der Waals surface area contributed by atoms with Gasteiger partial charge in [0.05, 0.1) is 5.56 Å². The topological polar surface area (TPSA) is 46.5 Å². The quantitative estimate of drug-likeness (QED) is 0.862. The lowest BCUT2D eigenvalue weighted by atomic mass is 9.97. The van der Waals surface area contributed by atoms with Crippen molar-refractivity contribution in [2.24, 2.45) is 0 Å². The molecule has 2 aromatic heterocycles. The lowest BCUT2D eigenvalue weighted by molar-refractivity contribution is 0.322. The Balaban J connectivity index is 2.35. The molecule has 2 aromatic rings. The van der Waals surface area contributed by atoms with Gasteiger partial charge in [-0.1, -0.05) is 0 Å². The Bertz CT molecular complexity index is 680. The number of nitrogens with zero attached hydrogens (tertiary/aromatic N) is 4. The van der Waals surface area contributed by atoms with Crippen LogP contribution >= 0.6 is 11.6 Å². The van der Waals surface area contributed by atoms with E-state index in [1.807, 2.05) is 24.7 Å². The summed E-state index contributed by atoms with van der Waals surface area (Å²) < 4.78 is 4.13. The van der Waals surface area contributed by atoms with Gasteiger partial charge in [0.1, 0.15) is 6.07 Å². The van der Waals surface area contributed by atoms with Gasteiger partial charge in [0, 0.05) is 41.8 Å². The molecular weight excluding hydrogens is 284 g/mol. The standard InChI is InChI=1S/C16H21ClN4/c1-15(2,3)21-13(10-19-14(21)17)8-16(4,5)20-7-6-12(9-18)11-20/h6-7,10-11H,8H2,1-5H3. The van der Waals surface area contributed by atoms with E-state index in [1.54, 1.807) is 0 Å². The maximum atomic E-state index is 8.97. The molecule has 0 saturated heterocycles. The van der Waals surface area contributed by atoms with Gasteiger partial charge in [-0.25, -0.2) is 4.98 Å². The smallest absolute Gasteiger partial charge is 0.203 e. The molecule has 0 bridgehead atoms. The van der Waals surface area contributed by atoms with Crippen molar-refractivity contribution >= 4 is 11.6 Å². The summed E-state index contributed by atoms with van der Waals surface area (Å²) in [7, 11) is 0. The van der Waals surface area contributed by atoms with E-state index in [0.717, 1.165) is 12.1 Å². The van der Waals surface area contributed by atoms with Crippen molar-refractivity contribution in [3.05, 3.63) is 41.2 Å². The van der Waals surface area contributed by atoms with Crippen LogP contribution in [0.4, 0.5) is 0 Å². The molecule has 4 nitrogen and oxygen atoms in total. The molecule has 0 atom stereocenters. The maximum absolute atomic E-state index is 8.97. The van der Waals surface area contributed by atoms with Crippen molar-refractivity contribution in [3.8, 4) is 6.07 Å². The molecule has 0 amide bonds. The summed E-state index contributed by atoms with van der Waals surface area (Å²) in [4.78, 5) is 4.25. The van der Waals surface area contributed by atoms with Crippen LogP contribution in [0.25, 0.3) is 0 Å². The highest BCUT2D eigenvalue weighted by Crippen LogP contribution is 2.28. The number of hydrogen-bond acceptors (Lipinski definition) is 2. The summed E-state index contributed by atoms with van der Waals surface area (Å²) in [5, 5.41) is 9.48. The van der Waals surface area contributed by atoms with E-state index < -0.39 is 0 Å². The second-order valence-electron chi connectivity index (χ2n) is 6.93. The van der Waals surface area contributed by atoms with E-state index in [9.17, 15) is 0 Å². The van der Waals surface area contributed by atoms with Gasteiger partial charge in [0.15, 0.2) is 0 Å². The fourth-order valence-electron chi connectivity index (χ4n) is 2.57. The van der Waals surface area contributed by atoms with Crippen molar-refractivity contribution in [2.45, 2.75) is 52.1 Å². The molecule has 0 N–H and O–H groups in total. The number of rotatable bonds is 3. The first-order valence-corrected chi connectivity index (χ1v) is 7.34. The fourth-order valence-corrected chi connectivity index (χ4v) is 2.98. The van der Waals surface area contributed by atoms with E-state index in [2.05, 4.69) is 54.8 Å². The highest BCUT2D eigenvalue weighted by Gasteiger charge is 2.27. The summed E-state index contributed by atoms with van der Waals surface area (Å²) in [5.74, 6) is 0. The summed E-state index contributed by atoms with van der Waals surface area (Å²) in [6.07, 6.45) is 6.44. The fraction of sp³-hybridized carbons (Fsp3) is 0.500.